The smallest absolute Gasteiger partial charge is 0.429 e. The molecule has 0 radical (unpaired) electrons. The fraction of sp³-hybridized carbons (Fsp3) is 0.353. The van der Waals surface area contributed by atoms with Crippen molar-refractivity contribution >= 4 is 23.7 Å². The van der Waals surface area contributed by atoms with Gasteiger partial charge >= 0.3 is 12.1 Å². The largest absolute Gasteiger partial charge is 0.511 e. The number of amides is 1. The van der Waals surface area contributed by atoms with Gasteiger partial charge in [-0.2, -0.15) is 0 Å². The van der Waals surface area contributed by atoms with Crippen LogP contribution in [0.1, 0.15) is 25.3 Å². The summed E-state index contributed by atoms with van der Waals surface area (Å²) in [5.74, 6) is -0.891. The number of non-ortho nitro benzene ring substituents is 1. The van der Waals surface area contributed by atoms with Gasteiger partial charge in [-0.1, -0.05) is 6.08 Å². The van der Waals surface area contributed by atoms with Gasteiger partial charge in [0, 0.05) is 31.5 Å². The summed E-state index contributed by atoms with van der Waals surface area (Å²) >= 11 is 0. The van der Waals surface area contributed by atoms with Crippen LogP contribution in [-0.2, 0) is 30.4 Å². The number of rotatable bonds is 6. The molecule has 0 bridgehead atoms. The number of fused-ring (bicyclic) bond motifs is 1. The molecule has 0 aromatic heterocycles. The van der Waals surface area contributed by atoms with Crippen LogP contribution in [0.15, 0.2) is 36.0 Å². The Hall–Kier alpha value is -3.43. The Morgan fingerprint density at radius 2 is 2.00 bits per heavy atom. The molecule has 3 rings (SSSR count). The number of carbonyl (C=O) groups is 3. The summed E-state index contributed by atoms with van der Waals surface area (Å²) in [4.78, 5) is 46.6. The molecule has 142 valence electrons. The Kier molecular flexibility index (Phi) is 5.06. The molecule has 1 amide bonds. The number of carbonyl (C=O) groups excluding carboxylic acids is 3. The number of hydrogen-bond donors (Lipinski definition) is 0. The van der Waals surface area contributed by atoms with Crippen LogP contribution in [0, 0.1) is 10.1 Å². The van der Waals surface area contributed by atoms with Gasteiger partial charge in [-0.15, -0.1) is 0 Å². The highest BCUT2D eigenvalue weighted by Gasteiger charge is 2.44. The number of nitro groups is 1. The van der Waals surface area contributed by atoms with Crippen molar-refractivity contribution in [2.75, 3.05) is 0 Å². The molecule has 0 aliphatic carbocycles. The number of ether oxygens (including phenoxy) is 3. The van der Waals surface area contributed by atoms with Crippen molar-refractivity contribution < 1.29 is 33.5 Å². The van der Waals surface area contributed by atoms with Gasteiger partial charge in [0.15, 0.2) is 0 Å². The molecule has 0 saturated carbocycles. The van der Waals surface area contributed by atoms with Crippen molar-refractivity contribution in [1.82, 2.24) is 4.90 Å². The third-order valence-electron chi connectivity index (χ3n) is 4.14. The highest BCUT2D eigenvalue weighted by molar-refractivity contribution is 5.98. The van der Waals surface area contributed by atoms with E-state index in [1.807, 2.05) is 0 Å². The van der Waals surface area contributed by atoms with Crippen molar-refractivity contribution in [1.29, 1.82) is 0 Å². The highest BCUT2D eigenvalue weighted by Crippen LogP contribution is 2.34. The Morgan fingerprint density at radius 3 is 2.63 bits per heavy atom. The van der Waals surface area contributed by atoms with Crippen LogP contribution in [0.5, 0.6) is 0 Å². The van der Waals surface area contributed by atoms with E-state index in [-0.39, 0.29) is 29.9 Å². The van der Waals surface area contributed by atoms with Crippen molar-refractivity contribution in [2.45, 2.75) is 38.7 Å². The second kappa shape index (κ2) is 7.44. The van der Waals surface area contributed by atoms with Crippen LogP contribution in [0.25, 0.3) is 0 Å². The maximum Gasteiger partial charge on any atom is 0.511 e. The summed E-state index contributed by atoms with van der Waals surface area (Å²) in [6, 6.07) is 5.48. The van der Waals surface area contributed by atoms with Gasteiger partial charge in [0.2, 0.25) is 12.2 Å². The van der Waals surface area contributed by atoms with Crippen molar-refractivity contribution in [3.8, 4) is 0 Å². The standard InChI is InChI=1S/C17H16N2O8/c1-10(26-16(21)14-7-6-13-8-15(20)18(13)14)27-17(22)25-9-11-2-4-12(5-3-11)19(23)24/h2-5,7,10,13H,6,8-9H2,1H3. The molecule has 27 heavy (non-hydrogen) atoms. The van der Waals surface area contributed by atoms with Crippen molar-refractivity contribution in [2.24, 2.45) is 0 Å². The molecule has 2 aliphatic heterocycles. The lowest BCUT2D eigenvalue weighted by Crippen LogP contribution is -2.50. The van der Waals surface area contributed by atoms with Gasteiger partial charge < -0.3 is 19.1 Å². The highest BCUT2D eigenvalue weighted by atomic mass is 16.8. The predicted molar refractivity (Wildman–Crippen MR) is 87.9 cm³/mol. The lowest BCUT2D eigenvalue weighted by Gasteiger charge is -2.35. The SMILES string of the molecule is CC(OC(=O)OCc1ccc([N+](=O)[O-])cc1)OC(=O)C1=CCC2CC(=O)N12. The Morgan fingerprint density at radius 1 is 1.30 bits per heavy atom. The van der Waals surface area contributed by atoms with E-state index in [0.29, 0.717) is 18.4 Å². The minimum atomic E-state index is -1.21. The maximum atomic E-state index is 12.1. The Balaban J connectivity index is 1.43. The molecule has 2 aliphatic rings. The van der Waals surface area contributed by atoms with E-state index in [0.717, 1.165) is 0 Å². The van der Waals surface area contributed by atoms with E-state index in [4.69, 9.17) is 14.2 Å². The molecular weight excluding hydrogens is 360 g/mol. The van der Waals surface area contributed by atoms with Crippen LogP contribution >= 0.6 is 0 Å². The van der Waals surface area contributed by atoms with Gasteiger partial charge in [-0.05, 0) is 24.1 Å². The second-order valence-electron chi connectivity index (χ2n) is 6.00. The third kappa shape index (κ3) is 4.05. The van der Waals surface area contributed by atoms with Crippen molar-refractivity contribution in [3.05, 3.63) is 51.7 Å². The zero-order valence-electron chi connectivity index (χ0n) is 14.3. The summed E-state index contributed by atoms with van der Waals surface area (Å²) in [7, 11) is 0. The quantitative estimate of drug-likeness (QED) is 0.243. The van der Waals surface area contributed by atoms with E-state index in [2.05, 4.69) is 0 Å². The molecule has 0 N–H and O–H groups in total. The van der Waals surface area contributed by atoms with E-state index in [1.165, 1.54) is 36.1 Å². The minimum absolute atomic E-state index is 0.0166. The molecule has 1 saturated heterocycles. The number of hydrogen-bond acceptors (Lipinski definition) is 8. The predicted octanol–water partition coefficient (Wildman–Crippen LogP) is 2.03. The molecule has 2 heterocycles. The fourth-order valence-corrected chi connectivity index (χ4v) is 2.79. The van der Waals surface area contributed by atoms with Gasteiger partial charge in [0.1, 0.15) is 12.3 Å². The first-order valence-electron chi connectivity index (χ1n) is 8.15. The topological polar surface area (TPSA) is 125 Å². The van der Waals surface area contributed by atoms with Gasteiger partial charge in [0.05, 0.1) is 4.92 Å². The number of nitro benzene ring substituents is 1. The molecule has 2 atom stereocenters. The van der Waals surface area contributed by atoms with E-state index in [9.17, 15) is 24.5 Å². The van der Waals surface area contributed by atoms with E-state index < -0.39 is 23.3 Å². The second-order valence-corrected chi connectivity index (χ2v) is 6.00. The first-order valence-corrected chi connectivity index (χ1v) is 8.15. The minimum Gasteiger partial charge on any atom is -0.429 e. The lowest BCUT2D eigenvalue weighted by atomic mass is 10.0. The van der Waals surface area contributed by atoms with E-state index in [1.54, 1.807) is 6.08 Å². The van der Waals surface area contributed by atoms with Gasteiger partial charge in [0.25, 0.3) is 5.69 Å². The summed E-state index contributed by atoms with van der Waals surface area (Å²) in [5.41, 5.74) is 0.609. The van der Waals surface area contributed by atoms with Crippen LogP contribution in [0.2, 0.25) is 0 Å². The summed E-state index contributed by atoms with van der Waals surface area (Å²) in [6.45, 7) is 1.18. The molecule has 2 unspecified atom stereocenters. The molecular formula is C17H16N2O8. The average Bonchev–Trinajstić information content (AvgIpc) is 2.97. The van der Waals surface area contributed by atoms with Crippen LogP contribution in [0.4, 0.5) is 10.5 Å². The monoisotopic (exact) mass is 376 g/mol. The Bertz CT molecular complexity index is 817. The molecule has 1 aromatic rings. The van der Waals surface area contributed by atoms with Crippen LogP contribution in [-0.4, -0.2) is 40.2 Å². The number of benzene rings is 1. The number of β-lactam (4-membered cyclic amide) rings is 1. The molecule has 10 nitrogen and oxygen atoms in total. The molecule has 10 heteroatoms. The van der Waals surface area contributed by atoms with Gasteiger partial charge in [-0.25, -0.2) is 9.59 Å². The zero-order valence-corrected chi connectivity index (χ0v) is 14.3. The first-order chi connectivity index (χ1) is 12.8. The van der Waals surface area contributed by atoms with Crippen LogP contribution < -0.4 is 0 Å². The Labute approximate surface area is 153 Å². The van der Waals surface area contributed by atoms with Crippen LogP contribution in [0.3, 0.4) is 0 Å². The van der Waals surface area contributed by atoms with Gasteiger partial charge in [-0.3, -0.25) is 14.9 Å². The van der Waals surface area contributed by atoms with Crippen molar-refractivity contribution in [3.63, 3.8) is 0 Å². The average molecular weight is 376 g/mol. The summed E-state index contributed by atoms with van der Waals surface area (Å²) < 4.78 is 14.7. The fourth-order valence-electron chi connectivity index (χ4n) is 2.79. The lowest BCUT2D eigenvalue weighted by molar-refractivity contribution is -0.384. The summed E-state index contributed by atoms with van der Waals surface area (Å²) in [6.07, 6.45) is 0.360. The normalized spacial score (nSPS) is 18.7. The zero-order chi connectivity index (χ0) is 19.6. The first kappa shape index (κ1) is 18.4. The molecule has 1 aromatic carbocycles. The maximum absolute atomic E-state index is 12.1. The molecule has 1 fully saturated rings. The summed E-state index contributed by atoms with van der Waals surface area (Å²) in [5, 5.41) is 10.6. The molecule has 0 spiro atoms. The third-order valence-corrected chi connectivity index (χ3v) is 4.14. The number of esters is 1. The van der Waals surface area contributed by atoms with E-state index >= 15 is 0 Å². The number of nitrogens with zero attached hydrogens (tertiary/aromatic N) is 2.